The summed E-state index contributed by atoms with van der Waals surface area (Å²) in [5.74, 6) is 0.169. The minimum atomic E-state index is -3.99. The molecule has 102 valence electrons. The molecule has 18 heavy (non-hydrogen) atoms. The maximum Gasteiger partial charge on any atom is 0.317 e. The summed E-state index contributed by atoms with van der Waals surface area (Å²) in [4.78, 5) is 0. The van der Waals surface area contributed by atoms with Crippen molar-refractivity contribution in [2.75, 3.05) is 18.1 Å². The molecular formula is C9H13NO6S2. The van der Waals surface area contributed by atoms with Crippen LogP contribution in [0.1, 0.15) is 6.42 Å². The van der Waals surface area contributed by atoms with Gasteiger partial charge in [-0.2, -0.15) is 12.6 Å². The van der Waals surface area contributed by atoms with Gasteiger partial charge in [-0.05, 0) is 30.7 Å². The van der Waals surface area contributed by atoms with Crippen LogP contribution >= 0.6 is 0 Å². The van der Waals surface area contributed by atoms with Crippen LogP contribution in [0.2, 0.25) is 0 Å². The van der Waals surface area contributed by atoms with Crippen LogP contribution < -0.4 is 10.5 Å². The van der Waals surface area contributed by atoms with E-state index in [0.29, 0.717) is 11.4 Å². The quantitative estimate of drug-likeness (QED) is 0.428. The van der Waals surface area contributed by atoms with Gasteiger partial charge in [0.25, 0.3) is 10.1 Å². The van der Waals surface area contributed by atoms with Gasteiger partial charge in [0.1, 0.15) is 5.75 Å². The summed E-state index contributed by atoms with van der Waals surface area (Å²) in [5, 5.41) is 0. The van der Waals surface area contributed by atoms with Gasteiger partial charge in [0, 0.05) is 5.69 Å². The van der Waals surface area contributed by atoms with Crippen molar-refractivity contribution in [1.82, 2.24) is 0 Å². The molecule has 0 aromatic heterocycles. The van der Waals surface area contributed by atoms with Crippen molar-refractivity contribution in [2.45, 2.75) is 6.42 Å². The number of benzene rings is 1. The molecule has 0 amide bonds. The molecule has 0 spiro atoms. The Labute approximate surface area is 108 Å². The lowest BCUT2D eigenvalue weighted by atomic mass is 10.3. The second-order valence-electron chi connectivity index (χ2n) is 3.32. The molecule has 1 unspecified atom stereocenters. The van der Waals surface area contributed by atoms with Crippen molar-refractivity contribution in [3.8, 4) is 5.75 Å². The summed E-state index contributed by atoms with van der Waals surface area (Å²) < 4.78 is 49.6. The lowest BCUT2D eigenvalue weighted by molar-refractivity contribution is 0.316. The van der Waals surface area contributed by atoms with Crippen LogP contribution in [0, 0.1) is 0 Å². The second-order valence-corrected chi connectivity index (χ2v) is 5.82. The van der Waals surface area contributed by atoms with Gasteiger partial charge in [-0.25, -0.2) is 0 Å². The van der Waals surface area contributed by atoms with Crippen molar-refractivity contribution in [2.24, 2.45) is 0 Å². The first-order valence-electron chi connectivity index (χ1n) is 4.91. The van der Waals surface area contributed by atoms with Crippen LogP contribution in [0.15, 0.2) is 24.3 Å². The summed E-state index contributed by atoms with van der Waals surface area (Å²) in [5.41, 5.74) is 6.08. The molecule has 0 saturated carbocycles. The van der Waals surface area contributed by atoms with Gasteiger partial charge in [0.05, 0.1) is 12.4 Å². The van der Waals surface area contributed by atoms with E-state index in [4.69, 9.17) is 15.0 Å². The Balaban J connectivity index is 2.31. The number of hydrogen-bond acceptors (Lipinski definition) is 6. The molecule has 0 saturated heterocycles. The second kappa shape index (κ2) is 6.69. The van der Waals surface area contributed by atoms with Crippen LogP contribution in [0.4, 0.5) is 5.69 Å². The molecule has 0 bridgehead atoms. The molecule has 0 aliphatic heterocycles. The van der Waals surface area contributed by atoms with Crippen LogP contribution in [-0.4, -0.2) is 29.5 Å². The third-order valence-corrected chi connectivity index (χ3v) is 3.93. The van der Waals surface area contributed by atoms with E-state index in [1.165, 1.54) is 0 Å². The van der Waals surface area contributed by atoms with Crippen LogP contribution in [0.5, 0.6) is 5.75 Å². The lowest BCUT2D eigenvalue weighted by Crippen LogP contribution is -2.14. The van der Waals surface area contributed by atoms with Gasteiger partial charge < -0.3 is 10.5 Å². The van der Waals surface area contributed by atoms with Gasteiger partial charge in [0.15, 0.2) is 0 Å². The Kier molecular flexibility index (Phi) is 5.54. The summed E-state index contributed by atoms with van der Waals surface area (Å²) in [6.45, 7) is 0.143. The average molecular weight is 295 g/mol. The van der Waals surface area contributed by atoms with Crippen molar-refractivity contribution >= 4 is 27.2 Å². The Hall–Kier alpha value is -1.16. The zero-order chi connectivity index (χ0) is 13.6. The Morgan fingerprint density at radius 1 is 1.28 bits per heavy atom. The minimum Gasteiger partial charge on any atom is -0.494 e. The highest BCUT2D eigenvalue weighted by atomic mass is 32.3. The van der Waals surface area contributed by atoms with E-state index < -0.39 is 27.2 Å². The predicted molar refractivity (Wildman–Crippen MR) is 66.6 cm³/mol. The zero-order valence-corrected chi connectivity index (χ0v) is 10.9. The normalized spacial score (nSPS) is 13.2. The molecule has 1 rings (SSSR count). The third kappa shape index (κ3) is 5.96. The van der Waals surface area contributed by atoms with Crippen molar-refractivity contribution in [1.29, 1.82) is 0 Å². The van der Waals surface area contributed by atoms with E-state index in [9.17, 15) is 12.6 Å². The van der Waals surface area contributed by atoms with Gasteiger partial charge in [-0.3, -0.25) is 4.55 Å². The smallest absolute Gasteiger partial charge is 0.317 e. The lowest BCUT2D eigenvalue weighted by Gasteiger charge is -2.06. The maximum atomic E-state index is 11.0. The highest BCUT2D eigenvalue weighted by Crippen LogP contribution is 2.13. The topological polar surface area (TPSA) is 116 Å². The van der Waals surface area contributed by atoms with Crippen molar-refractivity contribution < 1.29 is 25.5 Å². The maximum absolute atomic E-state index is 11.0. The number of ether oxygens (including phenoxy) is 1. The Bertz CT molecular complexity index is 498. The van der Waals surface area contributed by atoms with Gasteiger partial charge in [0.2, 0.25) is 0 Å². The fourth-order valence-electron chi connectivity index (χ4n) is 1.11. The average Bonchev–Trinajstić information content (AvgIpc) is 2.25. The van der Waals surface area contributed by atoms with Gasteiger partial charge in [-0.1, -0.05) is 0 Å². The number of hydrogen-bond donors (Lipinski definition) is 2. The number of nitrogens with two attached hydrogens (primary N) is 1. The molecule has 1 atom stereocenters. The van der Waals surface area contributed by atoms with E-state index in [1.807, 2.05) is 0 Å². The van der Waals surface area contributed by atoms with E-state index in [0.717, 1.165) is 0 Å². The molecule has 0 radical (unpaired) electrons. The molecule has 0 aliphatic rings. The number of nitrogen functional groups attached to an aromatic ring is 1. The zero-order valence-electron chi connectivity index (χ0n) is 9.31. The molecular weight excluding hydrogens is 282 g/mol. The summed E-state index contributed by atoms with van der Waals surface area (Å²) in [6.07, 6.45) is 0.143. The molecule has 1 aromatic rings. The first-order chi connectivity index (χ1) is 8.39. The molecule has 0 heterocycles. The number of rotatable bonds is 7. The summed E-state index contributed by atoms with van der Waals surface area (Å²) in [6, 6.07) is 6.63. The Morgan fingerprint density at radius 3 is 2.44 bits per heavy atom. The van der Waals surface area contributed by atoms with Crippen LogP contribution in [0.25, 0.3) is 0 Å². The number of anilines is 1. The van der Waals surface area contributed by atoms with Gasteiger partial charge >= 0.3 is 11.4 Å². The van der Waals surface area contributed by atoms with Crippen LogP contribution in [0.3, 0.4) is 0 Å². The van der Waals surface area contributed by atoms with E-state index in [1.54, 1.807) is 24.3 Å². The van der Waals surface area contributed by atoms with Crippen molar-refractivity contribution in [3.05, 3.63) is 24.3 Å². The molecule has 0 aliphatic carbocycles. The molecule has 7 nitrogen and oxygen atoms in total. The largest absolute Gasteiger partial charge is 0.494 e. The van der Waals surface area contributed by atoms with E-state index >= 15 is 0 Å². The van der Waals surface area contributed by atoms with Gasteiger partial charge in [-0.15, -0.1) is 3.63 Å². The fraction of sp³-hybridized carbons (Fsp3) is 0.333. The highest BCUT2D eigenvalue weighted by Gasteiger charge is 2.14. The predicted octanol–water partition coefficient (Wildman–Crippen LogP) is 0.521. The Morgan fingerprint density at radius 2 is 1.89 bits per heavy atom. The molecule has 0 fully saturated rings. The standard InChI is InChI=1S/C9H13NO6S2/c10-8-2-4-9(5-3-8)15-6-1-7-18(13,14)16-17(11)12/h2-5H,1,6-7,10H2,(H,11,12). The molecule has 9 heteroatoms. The summed E-state index contributed by atoms with van der Waals surface area (Å²) >= 11 is -2.82. The van der Waals surface area contributed by atoms with E-state index in [2.05, 4.69) is 3.63 Å². The molecule has 1 aromatic carbocycles. The minimum absolute atomic E-state index is 0.143. The van der Waals surface area contributed by atoms with Crippen LogP contribution in [-0.2, 0) is 25.1 Å². The first-order valence-corrected chi connectivity index (χ1v) is 7.52. The molecule has 3 N–H and O–H groups in total. The fourth-order valence-corrected chi connectivity index (χ4v) is 2.57. The third-order valence-electron chi connectivity index (χ3n) is 1.85. The SMILES string of the molecule is Nc1ccc(OCCCS(=O)(=O)OS(=O)O)cc1. The van der Waals surface area contributed by atoms with E-state index in [-0.39, 0.29) is 13.0 Å². The van der Waals surface area contributed by atoms with Crippen molar-refractivity contribution in [3.63, 3.8) is 0 Å². The summed E-state index contributed by atoms with van der Waals surface area (Å²) in [7, 11) is -3.99. The first kappa shape index (κ1) is 14.9. The monoisotopic (exact) mass is 295 g/mol. The highest BCUT2D eigenvalue weighted by molar-refractivity contribution is 7.95.